The summed E-state index contributed by atoms with van der Waals surface area (Å²) >= 11 is 0. The maximum Gasteiger partial charge on any atom is 0.338 e. The molecule has 3 heterocycles. The van der Waals surface area contributed by atoms with Crippen LogP contribution in [0.25, 0.3) is 0 Å². The summed E-state index contributed by atoms with van der Waals surface area (Å²) < 4.78 is 65.0. The van der Waals surface area contributed by atoms with Crippen LogP contribution in [0, 0.1) is 81.8 Å². The fourth-order valence-corrected chi connectivity index (χ4v) is 17.9. The summed E-state index contributed by atoms with van der Waals surface area (Å²) in [6, 6.07) is 34.9. The highest BCUT2D eigenvalue weighted by atomic mass is 16.7. The molecule has 514 valence electrons. The summed E-state index contributed by atoms with van der Waals surface area (Å²) in [4.78, 5) is 83.6. The average molecular weight is 1310 g/mol. The zero-order valence-electron chi connectivity index (χ0n) is 57.6. The summed E-state index contributed by atoms with van der Waals surface area (Å²) in [5.74, 6) is -1.40. The lowest BCUT2D eigenvalue weighted by molar-refractivity contribution is -0.310. The van der Waals surface area contributed by atoms with Crippen molar-refractivity contribution in [3.63, 3.8) is 0 Å². The van der Waals surface area contributed by atoms with E-state index in [0.717, 1.165) is 44.9 Å². The summed E-state index contributed by atoms with van der Waals surface area (Å²) in [6.07, 6.45) is 1.36. The molecule has 0 aromatic heterocycles. The average Bonchev–Trinajstić information content (AvgIpc) is 1.64. The minimum absolute atomic E-state index is 0.0148. The molecule has 11 rings (SSSR count). The Morgan fingerprint density at radius 1 is 0.526 bits per heavy atom. The zero-order valence-corrected chi connectivity index (χ0v) is 57.6. The number of Topliss-reactive ketones (excluding diaryl/α,β-unsaturated/α-hetero) is 2. The van der Waals surface area contributed by atoms with Crippen LogP contribution in [0.1, 0.15) is 188 Å². The van der Waals surface area contributed by atoms with Crippen LogP contribution in [-0.2, 0) is 57.0 Å². The molecule has 0 N–H and O–H groups in total. The standard InChI is InChI=1S/C79H102O16/c1-12-64-51(8)68(93-72(83)54-27-19-14-20-28-54)70(95-74(85)56-31-23-16-24-32-56)77(90-64)86-43-45(2)33-36-62(80)50(7)66-63(81)42-61-59-35-34-57-41-58(37-39-78(57,10)60(59)38-40-79(61,66)11)89-75-48(5)46(3)47(4)65(91-75)44-87-76-69(94-73(84)55-29-21-15-22-30-55)67(49(6)52(9)88-76)92-71(82)53-25-17-13-18-26-53/h13-32,45-52,57-61,64-70,75-77H,12,33-44H2,1-11H3/t45-,46-,47+,48?,49-,50+,51-,52?,57?,58?,59?,60?,61?,64?,65?,66?,67-,68-,69?,70?,75+,76+,77+,78?,79?/m0/s1. The van der Waals surface area contributed by atoms with Gasteiger partial charge in [0.25, 0.3) is 0 Å². The van der Waals surface area contributed by atoms with Gasteiger partial charge >= 0.3 is 23.9 Å². The first-order chi connectivity index (χ1) is 45.6. The zero-order chi connectivity index (χ0) is 67.5. The van der Waals surface area contributed by atoms with Crippen LogP contribution in [0.15, 0.2) is 121 Å². The SMILES string of the molecule is CCC1O[C@@H](OC[C@@H](C)CCC(=O)[C@@H](C)C2C(=O)CC3C4CCC5CC(O[C@@H]6OC(CO[C@@H]7OC(C)[C@H](C)[C@H](OC(=O)c8ccccc8)C7OC(=O)c7ccccc7)[C@H](C)[C@H](C)C6C)CCC5(C)C4CCC32C)C(OC(=O)c2ccccc2)[C@@H](OC(=O)c2ccccc2)[C@H]1C. The van der Waals surface area contributed by atoms with Crippen LogP contribution in [0.5, 0.6) is 0 Å². The van der Waals surface area contributed by atoms with Crippen LogP contribution in [0.3, 0.4) is 0 Å². The van der Waals surface area contributed by atoms with Crippen molar-refractivity contribution in [2.75, 3.05) is 13.2 Å². The number of ether oxygens (including phenoxy) is 10. The Morgan fingerprint density at radius 2 is 1.02 bits per heavy atom. The van der Waals surface area contributed by atoms with Crippen molar-refractivity contribution in [2.24, 2.45) is 81.8 Å². The highest BCUT2D eigenvalue weighted by molar-refractivity contribution is 5.93. The smallest absolute Gasteiger partial charge is 0.338 e. The molecular formula is C79H102O16. The van der Waals surface area contributed by atoms with Crippen molar-refractivity contribution >= 4 is 35.4 Å². The quantitative estimate of drug-likeness (QED) is 0.0409. The van der Waals surface area contributed by atoms with Crippen molar-refractivity contribution in [2.45, 2.75) is 214 Å². The third-order valence-corrected chi connectivity index (χ3v) is 24.3. The van der Waals surface area contributed by atoms with Gasteiger partial charge < -0.3 is 47.4 Å². The molecule has 3 saturated heterocycles. The van der Waals surface area contributed by atoms with E-state index < -0.39 is 79.2 Å². The van der Waals surface area contributed by atoms with E-state index in [2.05, 4.69) is 34.6 Å². The number of hydrogen-bond donors (Lipinski definition) is 0. The normalized spacial score (nSPS) is 37.4. The van der Waals surface area contributed by atoms with E-state index in [1.807, 2.05) is 65.8 Å². The molecule has 4 saturated carbocycles. The Balaban J connectivity index is 0.688. The highest BCUT2D eigenvalue weighted by Gasteiger charge is 2.64. The minimum atomic E-state index is -1.08. The Labute approximate surface area is 562 Å². The molecule has 7 aliphatic rings. The maximum atomic E-state index is 14.5. The highest BCUT2D eigenvalue weighted by Crippen LogP contribution is 2.68. The van der Waals surface area contributed by atoms with Crippen molar-refractivity contribution in [1.29, 1.82) is 0 Å². The first-order valence-corrected chi connectivity index (χ1v) is 35.5. The van der Waals surface area contributed by atoms with Gasteiger partial charge in [0, 0.05) is 42.4 Å². The van der Waals surface area contributed by atoms with Crippen LogP contribution >= 0.6 is 0 Å². The number of ketones is 2. The second-order valence-electron chi connectivity index (χ2n) is 29.9. The van der Waals surface area contributed by atoms with E-state index in [9.17, 15) is 28.8 Å². The second-order valence-corrected chi connectivity index (χ2v) is 29.9. The number of carbonyl (C=O) groups is 6. The molecule has 95 heavy (non-hydrogen) atoms. The van der Waals surface area contributed by atoms with Gasteiger partial charge in [-0.25, -0.2) is 19.2 Å². The molecule has 3 aliphatic heterocycles. The number of esters is 4. The van der Waals surface area contributed by atoms with Gasteiger partial charge in [0.15, 0.2) is 31.1 Å². The largest absolute Gasteiger partial charge is 0.454 e. The van der Waals surface area contributed by atoms with Gasteiger partial charge in [0.2, 0.25) is 0 Å². The van der Waals surface area contributed by atoms with E-state index in [4.69, 9.17) is 47.4 Å². The molecule has 0 spiro atoms. The van der Waals surface area contributed by atoms with Gasteiger partial charge in [0.05, 0.1) is 59.9 Å². The maximum absolute atomic E-state index is 14.5. The third kappa shape index (κ3) is 15.0. The van der Waals surface area contributed by atoms with E-state index in [-0.39, 0.29) is 101 Å². The number of rotatable bonds is 22. The minimum Gasteiger partial charge on any atom is -0.454 e. The summed E-state index contributed by atoms with van der Waals surface area (Å²) in [5, 5.41) is 0. The van der Waals surface area contributed by atoms with Crippen LogP contribution in [-0.4, -0.2) is 116 Å². The molecule has 0 amide bonds. The van der Waals surface area contributed by atoms with Gasteiger partial charge in [-0.2, -0.15) is 0 Å². The van der Waals surface area contributed by atoms with E-state index in [1.165, 1.54) is 0 Å². The number of hydrogen-bond acceptors (Lipinski definition) is 16. The Bertz CT molecular complexity index is 3260. The van der Waals surface area contributed by atoms with Crippen molar-refractivity contribution in [1.82, 2.24) is 0 Å². The van der Waals surface area contributed by atoms with E-state index in [0.29, 0.717) is 65.7 Å². The number of carbonyl (C=O) groups excluding carboxylic acids is 6. The summed E-state index contributed by atoms with van der Waals surface area (Å²) in [6.45, 7) is 23.6. The molecule has 4 aliphatic carbocycles. The van der Waals surface area contributed by atoms with Crippen LogP contribution < -0.4 is 0 Å². The molecule has 16 nitrogen and oxygen atoms in total. The van der Waals surface area contributed by atoms with Crippen molar-refractivity contribution in [3.8, 4) is 0 Å². The Hall–Kier alpha value is -6.14. The fraction of sp³-hybridized carbons (Fsp3) is 0.620. The monoisotopic (exact) mass is 1310 g/mol. The molecule has 7 fully saturated rings. The van der Waals surface area contributed by atoms with Crippen LogP contribution in [0.2, 0.25) is 0 Å². The lowest BCUT2D eigenvalue weighted by Crippen LogP contribution is -2.58. The van der Waals surface area contributed by atoms with Gasteiger partial charge in [-0.05, 0) is 165 Å². The van der Waals surface area contributed by atoms with Gasteiger partial charge in [-0.3, -0.25) is 9.59 Å². The Kier molecular flexibility index (Phi) is 22.4. The molecular weight excluding hydrogens is 1200 g/mol. The molecule has 0 bridgehead atoms. The van der Waals surface area contributed by atoms with Crippen LogP contribution in [0.4, 0.5) is 0 Å². The molecule has 16 heteroatoms. The Morgan fingerprint density at radius 3 is 1.56 bits per heavy atom. The lowest BCUT2D eigenvalue weighted by Gasteiger charge is -2.61. The summed E-state index contributed by atoms with van der Waals surface area (Å²) in [5.41, 5.74) is 1.30. The van der Waals surface area contributed by atoms with Gasteiger partial charge in [-0.15, -0.1) is 0 Å². The van der Waals surface area contributed by atoms with Crippen molar-refractivity contribution in [3.05, 3.63) is 144 Å². The third-order valence-electron chi connectivity index (χ3n) is 24.3. The molecule has 4 aromatic carbocycles. The first-order valence-electron chi connectivity index (χ1n) is 35.5. The topological polar surface area (TPSA) is 195 Å². The molecule has 0 radical (unpaired) electrons. The first kappa shape index (κ1) is 70.2. The number of fused-ring (bicyclic) bond motifs is 5. The number of benzene rings is 4. The second kappa shape index (κ2) is 30.3. The molecule has 4 aromatic rings. The molecule has 14 unspecified atom stereocenters. The predicted octanol–water partition coefficient (Wildman–Crippen LogP) is 14.6. The van der Waals surface area contributed by atoms with E-state index in [1.54, 1.807) is 97.1 Å². The van der Waals surface area contributed by atoms with Gasteiger partial charge in [0.1, 0.15) is 23.8 Å². The summed E-state index contributed by atoms with van der Waals surface area (Å²) in [7, 11) is 0. The lowest BCUT2D eigenvalue weighted by atomic mass is 9.44. The predicted molar refractivity (Wildman–Crippen MR) is 355 cm³/mol. The van der Waals surface area contributed by atoms with Gasteiger partial charge in [-0.1, -0.05) is 142 Å². The van der Waals surface area contributed by atoms with Crippen molar-refractivity contribution < 1.29 is 76.1 Å². The van der Waals surface area contributed by atoms with E-state index >= 15 is 0 Å². The molecule has 25 atom stereocenters. The fourth-order valence-electron chi connectivity index (χ4n) is 17.9.